The molecule has 1 aromatic heterocycles. The van der Waals surface area contributed by atoms with E-state index < -0.39 is 23.7 Å². The number of hydrogen-bond acceptors (Lipinski definition) is 6. The van der Waals surface area contributed by atoms with Crippen molar-refractivity contribution in [1.82, 2.24) is 14.8 Å². The highest BCUT2D eigenvalue weighted by Gasteiger charge is 2.46. The average Bonchev–Trinajstić information content (AvgIpc) is 3.25. The lowest BCUT2D eigenvalue weighted by molar-refractivity contribution is -0.139. The predicted octanol–water partition coefficient (Wildman–Crippen LogP) is 4.48. The minimum atomic E-state index is -0.740. The summed E-state index contributed by atoms with van der Waals surface area (Å²) in [4.78, 5) is 45.6. The number of carbonyl (C=O) groups excluding carboxylic acids is 3. The largest absolute Gasteiger partial charge is 0.507 e. The molecule has 3 rings (SSSR count). The van der Waals surface area contributed by atoms with Crippen LogP contribution in [-0.4, -0.2) is 71.3 Å². The first-order valence-corrected chi connectivity index (χ1v) is 12.7. The van der Waals surface area contributed by atoms with Gasteiger partial charge in [-0.1, -0.05) is 45.0 Å². The lowest BCUT2D eigenvalue weighted by Gasteiger charge is -2.27. The molecule has 1 aromatic carbocycles. The van der Waals surface area contributed by atoms with E-state index in [9.17, 15) is 19.5 Å². The molecule has 1 aliphatic heterocycles. The Morgan fingerprint density at radius 1 is 1.14 bits per heavy atom. The van der Waals surface area contributed by atoms with Gasteiger partial charge < -0.3 is 24.6 Å². The van der Waals surface area contributed by atoms with Gasteiger partial charge in [0.05, 0.1) is 18.2 Å². The van der Waals surface area contributed by atoms with Gasteiger partial charge in [-0.3, -0.25) is 9.59 Å². The number of aliphatic hydroxyl groups is 1. The van der Waals surface area contributed by atoms with Gasteiger partial charge in [0.15, 0.2) is 0 Å². The van der Waals surface area contributed by atoms with Gasteiger partial charge in [0.2, 0.25) is 0 Å². The number of aromatic nitrogens is 1. The van der Waals surface area contributed by atoms with Crippen LogP contribution in [-0.2, 0) is 19.7 Å². The first-order valence-electron chi connectivity index (χ1n) is 12.7. The molecular weight excluding hydrogens is 470 g/mol. The van der Waals surface area contributed by atoms with E-state index in [1.807, 2.05) is 43.3 Å². The summed E-state index contributed by atoms with van der Waals surface area (Å²) >= 11 is 0. The number of carbonyl (C=O) groups is 3. The predicted molar refractivity (Wildman–Crippen MR) is 144 cm³/mol. The third kappa shape index (κ3) is 5.64. The number of nitrogens with zero attached hydrogens (tertiary/aromatic N) is 2. The molecule has 0 unspecified atom stereocenters. The smallest absolute Gasteiger partial charge is 0.355 e. The van der Waals surface area contributed by atoms with E-state index in [1.54, 1.807) is 25.7 Å². The maximum Gasteiger partial charge on any atom is 0.355 e. The maximum absolute atomic E-state index is 13.4. The maximum atomic E-state index is 13.4. The average molecular weight is 510 g/mol. The molecule has 200 valence electrons. The Labute approximate surface area is 219 Å². The number of amides is 1. The van der Waals surface area contributed by atoms with Crippen molar-refractivity contribution in [2.45, 2.75) is 59.4 Å². The van der Waals surface area contributed by atoms with Crippen LogP contribution in [0.4, 0.5) is 0 Å². The molecule has 8 heteroatoms. The first kappa shape index (κ1) is 28.2. The van der Waals surface area contributed by atoms with E-state index >= 15 is 0 Å². The van der Waals surface area contributed by atoms with Gasteiger partial charge in [-0.2, -0.15) is 0 Å². The van der Waals surface area contributed by atoms with Crippen LogP contribution in [0.2, 0.25) is 0 Å². The van der Waals surface area contributed by atoms with Crippen LogP contribution in [0.3, 0.4) is 0 Å². The van der Waals surface area contributed by atoms with E-state index in [0.717, 1.165) is 17.7 Å². The third-order valence-electron chi connectivity index (χ3n) is 6.79. The van der Waals surface area contributed by atoms with Crippen molar-refractivity contribution in [1.29, 1.82) is 0 Å². The summed E-state index contributed by atoms with van der Waals surface area (Å²) in [7, 11) is 3.91. The molecule has 1 aliphatic rings. The van der Waals surface area contributed by atoms with Gasteiger partial charge in [0, 0.05) is 17.8 Å². The number of aryl methyl sites for hydroxylation is 1. The van der Waals surface area contributed by atoms with Crippen LogP contribution in [0, 0.1) is 13.8 Å². The van der Waals surface area contributed by atoms with Gasteiger partial charge in [0.1, 0.15) is 11.5 Å². The summed E-state index contributed by atoms with van der Waals surface area (Å²) < 4.78 is 5.13. The Balaban J connectivity index is 2.17. The minimum absolute atomic E-state index is 0.0268. The number of Topliss-reactive ketones (excluding diaryl/α,β-unsaturated/α-hetero) is 1. The number of aromatic amines is 1. The number of ether oxygens (including phenoxy) is 1. The standard InChI is InChI=1S/C29H39N3O5/c1-9-37-28(36)23-17(2)21(18(3)30-23)25(33)22-24(19-11-13-20(14-12-19)29(4,5)6)32(27(35)26(22)34)16-10-15-31(7)8/h11-14,24,30,33H,9-10,15-16H2,1-8H3/t24-/m0/s1. The molecule has 37 heavy (non-hydrogen) atoms. The zero-order valence-corrected chi connectivity index (χ0v) is 23.2. The van der Waals surface area contributed by atoms with Crippen LogP contribution in [0.5, 0.6) is 0 Å². The molecule has 8 nitrogen and oxygen atoms in total. The molecule has 1 atom stereocenters. The van der Waals surface area contributed by atoms with Crippen LogP contribution in [0.25, 0.3) is 5.76 Å². The second-order valence-corrected chi connectivity index (χ2v) is 10.9. The molecule has 0 bridgehead atoms. The van der Waals surface area contributed by atoms with Gasteiger partial charge in [-0.15, -0.1) is 0 Å². The zero-order valence-electron chi connectivity index (χ0n) is 23.2. The van der Waals surface area contributed by atoms with Crippen molar-refractivity contribution < 1.29 is 24.2 Å². The topological polar surface area (TPSA) is 103 Å². The molecule has 1 saturated heterocycles. The Morgan fingerprint density at radius 2 is 1.76 bits per heavy atom. The van der Waals surface area contributed by atoms with Crippen LogP contribution < -0.4 is 0 Å². The number of H-pyrrole nitrogens is 1. The highest BCUT2D eigenvalue weighted by atomic mass is 16.5. The second kappa shape index (κ2) is 10.9. The third-order valence-corrected chi connectivity index (χ3v) is 6.79. The minimum Gasteiger partial charge on any atom is -0.507 e. The Morgan fingerprint density at radius 3 is 2.30 bits per heavy atom. The van der Waals surface area contributed by atoms with Gasteiger partial charge >= 0.3 is 5.97 Å². The molecule has 2 heterocycles. The summed E-state index contributed by atoms with van der Waals surface area (Å²) in [5.74, 6) is -2.20. The summed E-state index contributed by atoms with van der Waals surface area (Å²) in [5.41, 5.74) is 3.37. The molecule has 0 radical (unpaired) electrons. The van der Waals surface area contributed by atoms with Crippen molar-refractivity contribution in [3.63, 3.8) is 0 Å². The molecule has 1 amide bonds. The molecular formula is C29H39N3O5. The number of likely N-dealkylation sites (tertiary alicyclic amines) is 1. The first-order chi connectivity index (χ1) is 17.3. The fourth-order valence-corrected chi connectivity index (χ4v) is 4.83. The van der Waals surface area contributed by atoms with Crippen molar-refractivity contribution >= 4 is 23.4 Å². The molecule has 1 fully saturated rings. The van der Waals surface area contributed by atoms with E-state index in [4.69, 9.17) is 4.74 Å². The lowest BCUT2D eigenvalue weighted by atomic mass is 9.85. The zero-order chi connectivity index (χ0) is 27.7. The summed E-state index contributed by atoms with van der Waals surface area (Å²) in [6, 6.07) is 7.10. The van der Waals surface area contributed by atoms with Crippen molar-refractivity contribution in [3.8, 4) is 0 Å². The van der Waals surface area contributed by atoms with Crippen molar-refractivity contribution in [3.05, 3.63) is 63.5 Å². The summed E-state index contributed by atoms with van der Waals surface area (Å²) in [6.45, 7) is 12.8. The fraction of sp³-hybridized carbons (Fsp3) is 0.483. The highest BCUT2D eigenvalue weighted by molar-refractivity contribution is 6.46. The highest BCUT2D eigenvalue weighted by Crippen LogP contribution is 2.41. The lowest BCUT2D eigenvalue weighted by Crippen LogP contribution is -2.32. The quantitative estimate of drug-likeness (QED) is 0.235. The van der Waals surface area contributed by atoms with Crippen LogP contribution in [0.1, 0.15) is 78.6 Å². The number of nitrogens with one attached hydrogen (secondary N) is 1. The number of esters is 1. The molecule has 0 aliphatic carbocycles. The summed E-state index contributed by atoms with van der Waals surface area (Å²) in [6.07, 6.45) is 0.672. The summed E-state index contributed by atoms with van der Waals surface area (Å²) in [5, 5.41) is 11.5. The number of ketones is 1. The van der Waals surface area contributed by atoms with Gasteiger partial charge in [0.25, 0.3) is 11.7 Å². The normalized spacial score (nSPS) is 17.6. The van der Waals surface area contributed by atoms with Crippen molar-refractivity contribution in [2.75, 3.05) is 33.8 Å². The van der Waals surface area contributed by atoms with Crippen LogP contribution >= 0.6 is 0 Å². The number of aliphatic hydroxyl groups excluding tert-OH is 1. The molecule has 2 N–H and O–H groups in total. The Bertz CT molecular complexity index is 1220. The van der Waals surface area contributed by atoms with E-state index in [0.29, 0.717) is 29.8 Å². The molecule has 0 saturated carbocycles. The number of rotatable bonds is 8. The molecule has 0 spiro atoms. The van der Waals surface area contributed by atoms with E-state index in [-0.39, 0.29) is 29.0 Å². The number of hydrogen-bond donors (Lipinski definition) is 2. The molecule has 2 aromatic rings. The van der Waals surface area contributed by atoms with Crippen LogP contribution in [0.15, 0.2) is 29.8 Å². The van der Waals surface area contributed by atoms with Gasteiger partial charge in [-0.05, 0) is 69.9 Å². The Kier molecular flexibility index (Phi) is 8.32. The SMILES string of the molecule is CCOC(=O)c1[nH]c(C)c(C(O)=C2C(=O)C(=O)N(CCCN(C)C)[C@H]2c2ccc(C(C)(C)C)cc2)c1C. The Hall–Kier alpha value is -3.39. The van der Waals surface area contributed by atoms with E-state index in [2.05, 4.69) is 25.8 Å². The number of benzene rings is 1. The second-order valence-electron chi connectivity index (χ2n) is 10.9. The monoisotopic (exact) mass is 509 g/mol. The fourth-order valence-electron chi connectivity index (χ4n) is 4.83. The van der Waals surface area contributed by atoms with Crippen molar-refractivity contribution in [2.24, 2.45) is 0 Å². The van der Waals surface area contributed by atoms with Gasteiger partial charge in [-0.25, -0.2) is 4.79 Å². The van der Waals surface area contributed by atoms with E-state index in [1.165, 1.54) is 0 Å².